The van der Waals surface area contributed by atoms with Crippen molar-refractivity contribution < 1.29 is 9.47 Å². The van der Waals surface area contributed by atoms with E-state index in [1.54, 1.807) is 6.20 Å². The average molecular weight is 260 g/mol. The Bertz CT molecular complexity index is 543. The largest absolute Gasteiger partial charge is 0.493 e. The summed E-state index contributed by atoms with van der Waals surface area (Å²) in [6.07, 6.45) is 1.79. The van der Waals surface area contributed by atoms with Crippen molar-refractivity contribution in [3.8, 4) is 11.5 Å². The third-order valence-corrected chi connectivity index (χ3v) is 2.78. The van der Waals surface area contributed by atoms with Crippen molar-refractivity contribution in [2.24, 2.45) is 0 Å². The summed E-state index contributed by atoms with van der Waals surface area (Å²) in [5.74, 6) is 1.63. The van der Waals surface area contributed by atoms with Crippen LogP contribution >= 0.6 is 0 Å². The molecule has 0 aliphatic rings. The van der Waals surface area contributed by atoms with Gasteiger partial charge in [-0.3, -0.25) is 4.98 Å². The molecule has 4 nitrogen and oxygen atoms in total. The molecule has 0 saturated carbocycles. The van der Waals surface area contributed by atoms with Crippen LogP contribution in [0.1, 0.15) is 20.8 Å². The molecule has 0 radical (unpaired) electrons. The fourth-order valence-corrected chi connectivity index (χ4v) is 2.10. The maximum atomic E-state index is 5.70. The van der Waals surface area contributed by atoms with Crippen molar-refractivity contribution in [1.29, 1.82) is 0 Å². The second kappa shape index (κ2) is 6.27. The van der Waals surface area contributed by atoms with Gasteiger partial charge in [-0.15, -0.1) is 0 Å². The molecule has 0 atom stereocenters. The Morgan fingerprint density at radius 3 is 2.37 bits per heavy atom. The molecule has 0 fully saturated rings. The highest BCUT2D eigenvalue weighted by Gasteiger charge is 2.12. The normalized spacial score (nSPS) is 10.5. The summed E-state index contributed by atoms with van der Waals surface area (Å²) < 4.78 is 11.3. The number of pyridine rings is 1. The molecule has 0 bridgehead atoms. The molecule has 4 heteroatoms. The number of rotatable bonds is 6. The monoisotopic (exact) mass is 260 g/mol. The molecular weight excluding hydrogens is 240 g/mol. The second-order valence-electron chi connectivity index (χ2n) is 4.04. The molecule has 1 N–H and O–H groups in total. The van der Waals surface area contributed by atoms with E-state index in [4.69, 9.17) is 9.47 Å². The zero-order chi connectivity index (χ0) is 13.7. The Balaban J connectivity index is 2.65. The smallest absolute Gasteiger partial charge is 0.145 e. The number of anilines is 1. The van der Waals surface area contributed by atoms with Gasteiger partial charge < -0.3 is 14.8 Å². The number of nitrogens with one attached hydrogen (secondary N) is 1. The lowest BCUT2D eigenvalue weighted by Gasteiger charge is -2.14. The molecule has 1 heterocycles. The van der Waals surface area contributed by atoms with Crippen LogP contribution < -0.4 is 14.8 Å². The molecule has 0 spiro atoms. The number of ether oxygens (including phenoxy) is 2. The Morgan fingerprint density at radius 2 is 1.68 bits per heavy atom. The van der Waals surface area contributed by atoms with Gasteiger partial charge in [0.15, 0.2) is 0 Å². The van der Waals surface area contributed by atoms with Crippen LogP contribution in [0.4, 0.5) is 5.69 Å². The highest BCUT2D eigenvalue weighted by molar-refractivity contribution is 5.99. The highest BCUT2D eigenvalue weighted by Crippen LogP contribution is 2.36. The van der Waals surface area contributed by atoms with Crippen LogP contribution in [-0.4, -0.2) is 24.7 Å². The zero-order valence-corrected chi connectivity index (χ0v) is 11.7. The molecule has 1 aromatic carbocycles. The van der Waals surface area contributed by atoms with Crippen molar-refractivity contribution in [2.45, 2.75) is 20.8 Å². The fraction of sp³-hybridized carbons (Fsp3) is 0.400. The molecule has 1 aromatic heterocycles. The van der Waals surface area contributed by atoms with Gasteiger partial charge in [0.05, 0.1) is 18.6 Å². The van der Waals surface area contributed by atoms with Crippen LogP contribution in [0.5, 0.6) is 11.5 Å². The summed E-state index contributed by atoms with van der Waals surface area (Å²) in [6, 6.07) is 5.82. The van der Waals surface area contributed by atoms with Crippen molar-refractivity contribution in [1.82, 2.24) is 4.98 Å². The van der Waals surface area contributed by atoms with Gasteiger partial charge in [-0.25, -0.2) is 0 Å². The van der Waals surface area contributed by atoms with E-state index in [-0.39, 0.29) is 0 Å². The van der Waals surface area contributed by atoms with E-state index in [1.165, 1.54) is 0 Å². The van der Waals surface area contributed by atoms with Gasteiger partial charge in [0.25, 0.3) is 0 Å². The van der Waals surface area contributed by atoms with Gasteiger partial charge in [0.1, 0.15) is 17.0 Å². The molecule has 0 amide bonds. The molecular formula is C15H20N2O2. The molecule has 0 unspecified atom stereocenters. The lowest BCUT2D eigenvalue weighted by molar-refractivity contribution is 0.336. The first-order valence-corrected chi connectivity index (χ1v) is 6.72. The van der Waals surface area contributed by atoms with E-state index in [1.807, 2.05) is 32.0 Å². The van der Waals surface area contributed by atoms with Crippen LogP contribution in [-0.2, 0) is 0 Å². The summed E-state index contributed by atoms with van der Waals surface area (Å²) in [6.45, 7) is 8.12. The number of nitrogens with zero attached hydrogens (tertiary/aromatic N) is 1. The maximum Gasteiger partial charge on any atom is 0.145 e. The van der Waals surface area contributed by atoms with Gasteiger partial charge in [-0.05, 0) is 39.0 Å². The van der Waals surface area contributed by atoms with Crippen LogP contribution in [0.15, 0.2) is 24.4 Å². The first kappa shape index (κ1) is 13.5. The fourth-order valence-electron chi connectivity index (χ4n) is 2.10. The lowest BCUT2D eigenvalue weighted by atomic mass is 10.1. The molecule has 2 rings (SSSR count). The third-order valence-electron chi connectivity index (χ3n) is 2.78. The Morgan fingerprint density at radius 1 is 1.00 bits per heavy atom. The molecule has 0 saturated heterocycles. The minimum atomic E-state index is 0.621. The second-order valence-corrected chi connectivity index (χ2v) is 4.04. The van der Waals surface area contributed by atoms with Crippen molar-refractivity contribution in [3.05, 3.63) is 24.4 Å². The summed E-state index contributed by atoms with van der Waals surface area (Å²) in [5, 5.41) is 4.33. The van der Waals surface area contributed by atoms with Gasteiger partial charge in [0.2, 0.25) is 0 Å². The molecule has 2 aromatic rings. The minimum absolute atomic E-state index is 0.621. The highest BCUT2D eigenvalue weighted by atomic mass is 16.5. The van der Waals surface area contributed by atoms with Crippen molar-refractivity contribution >= 4 is 16.6 Å². The molecule has 19 heavy (non-hydrogen) atoms. The van der Waals surface area contributed by atoms with E-state index >= 15 is 0 Å². The first-order valence-electron chi connectivity index (χ1n) is 6.72. The number of hydrogen-bond acceptors (Lipinski definition) is 4. The van der Waals surface area contributed by atoms with Crippen molar-refractivity contribution in [3.63, 3.8) is 0 Å². The predicted octanol–water partition coefficient (Wildman–Crippen LogP) is 3.46. The Hall–Kier alpha value is -1.97. The maximum absolute atomic E-state index is 5.70. The van der Waals surface area contributed by atoms with E-state index in [2.05, 4.69) is 17.2 Å². The van der Waals surface area contributed by atoms with Crippen LogP contribution in [0.2, 0.25) is 0 Å². The van der Waals surface area contributed by atoms with E-state index in [9.17, 15) is 0 Å². The molecule has 0 aliphatic carbocycles. The first-order chi connectivity index (χ1) is 9.31. The van der Waals surface area contributed by atoms with Gasteiger partial charge in [-0.2, -0.15) is 0 Å². The summed E-state index contributed by atoms with van der Waals surface area (Å²) in [4.78, 5) is 4.44. The minimum Gasteiger partial charge on any atom is -0.493 e. The number of benzene rings is 1. The van der Waals surface area contributed by atoms with Gasteiger partial charge in [-0.1, -0.05) is 0 Å². The lowest BCUT2D eigenvalue weighted by Crippen LogP contribution is -2.02. The Kier molecular flexibility index (Phi) is 4.44. The number of aromatic nitrogens is 1. The average Bonchev–Trinajstić information content (AvgIpc) is 2.42. The molecule has 0 aliphatic heterocycles. The van der Waals surface area contributed by atoms with Crippen LogP contribution in [0, 0.1) is 0 Å². The van der Waals surface area contributed by atoms with Gasteiger partial charge in [0, 0.05) is 18.4 Å². The van der Waals surface area contributed by atoms with Gasteiger partial charge >= 0.3 is 0 Å². The van der Waals surface area contributed by atoms with Crippen LogP contribution in [0.3, 0.4) is 0 Å². The standard InChI is InChI=1S/C15H20N2O2/c1-4-16-11-9-10-17-15-13(19-6-3)8-7-12(14(11)15)18-5-2/h7-10H,4-6H2,1-3H3,(H,16,17). The van der Waals surface area contributed by atoms with Crippen molar-refractivity contribution in [2.75, 3.05) is 25.1 Å². The SMILES string of the molecule is CCNc1ccnc2c(OCC)ccc(OCC)c12. The van der Waals surface area contributed by atoms with E-state index in [0.717, 1.165) is 34.6 Å². The topological polar surface area (TPSA) is 43.4 Å². The summed E-state index contributed by atoms with van der Waals surface area (Å²) >= 11 is 0. The summed E-state index contributed by atoms with van der Waals surface area (Å²) in [7, 11) is 0. The van der Waals surface area contributed by atoms with Crippen LogP contribution in [0.25, 0.3) is 10.9 Å². The Labute approximate surface area is 113 Å². The number of hydrogen-bond donors (Lipinski definition) is 1. The molecule has 102 valence electrons. The zero-order valence-electron chi connectivity index (χ0n) is 11.7. The predicted molar refractivity (Wildman–Crippen MR) is 78.2 cm³/mol. The third kappa shape index (κ3) is 2.72. The quantitative estimate of drug-likeness (QED) is 0.863. The van der Waals surface area contributed by atoms with E-state index < -0.39 is 0 Å². The van der Waals surface area contributed by atoms with E-state index in [0.29, 0.717) is 13.2 Å². The number of fused-ring (bicyclic) bond motifs is 1. The summed E-state index contributed by atoms with van der Waals surface area (Å²) in [5.41, 5.74) is 1.86.